The summed E-state index contributed by atoms with van der Waals surface area (Å²) in [5.74, 6) is 0.333. The summed E-state index contributed by atoms with van der Waals surface area (Å²) in [5.41, 5.74) is 5.95. The Morgan fingerprint density at radius 3 is 2.63 bits per heavy atom. The summed E-state index contributed by atoms with van der Waals surface area (Å²) >= 11 is 0. The van der Waals surface area contributed by atoms with Gasteiger partial charge >= 0.3 is 5.97 Å². The van der Waals surface area contributed by atoms with Gasteiger partial charge in [-0.2, -0.15) is 0 Å². The number of pyridine rings is 1. The van der Waals surface area contributed by atoms with E-state index < -0.39 is 5.41 Å². The number of methoxy groups -OCH3 is 1. The van der Waals surface area contributed by atoms with Crippen LogP contribution in [-0.4, -0.2) is 30.7 Å². The van der Waals surface area contributed by atoms with E-state index in [2.05, 4.69) is 4.98 Å². The van der Waals surface area contributed by atoms with Gasteiger partial charge in [-0.25, -0.2) is 0 Å². The zero-order valence-corrected chi connectivity index (χ0v) is 12.0. The molecule has 0 radical (unpaired) electrons. The molecule has 0 saturated carbocycles. The van der Waals surface area contributed by atoms with Gasteiger partial charge in [-0.15, -0.1) is 0 Å². The normalized spacial score (nSPS) is 12.9. The van der Waals surface area contributed by atoms with Gasteiger partial charge < -0.3 is 15.2 Å². The first-order valence-electron chi connectivity index (χ1n) is 6.27. The highest BCUT2D eigenvalue weighted by molar-refractivity contribution is 5.75. The molecule has 106 valence electrons. The Morgan fingerprint density at radius 2 is 2.16 bits per heavy atom. The van der Waals surface area contributed by atoms with Gasteiger partial charge in [0.1, 0.15) is 12.4 Å². The number of esters is 1. The second-order valence-corrected chi connectivity index (χ2v) is 5.33. The van der Waals surface area contributed by atoms with Crippen LogP contribution in [0.3, 0.4) is 0 Å². The number of carbonyl (C=O) groups is 1. The maximum Gasteiger partial charge on any atom is 0.314 e. The quantitative estimate of drug-likeness (QED) is 0.791. The van der Waals surface area contributed by atoms with Gasteiger partial charge in [0.15, 0.2) is 0 Å². The highest BCUT2D eigenvalue weighted by atomic mass is 16.5. The number of ether oxygens (including phenoxy) is 2. The minimum Gasteiger partial charge on any atom is -0.491 e. The van der Waals surface area contributed by atoms with Gasteiger partial charge in [0.05, 0.1) is 18.7 Å². The van der Waals surface area contributed by atoms with Crippen molar-refractivity contribution >= 4 is 5.97 Å². The predicted molar refractivity (Wildman–Crippen MR) is 72.9 cm³/mol. The second-order valence-electron chi connectivity index (χ2n) is 5.33. The molecule has 0 aliphatic heterocycles. The van der Waals surface area contributed by atoms with Gasteiger partial charge in [-0.05, 0) is 32.9 Å². The number of nitrogens with zero attached hydrogens (tertiary/aromatic N) is 1. The third kappa shape index (κ3) is 4.87. The number of nitrogens with two attached hydrogens (primary N) is 1. The maximum absolute atomic E-state index is 11.5. The summed E-state index contributed by atoms with van der Waals surface area (Å²) in [7, 11) is 1.37. The van der Waals surface area contributed by atoms with E-state index in [0.29, 0.717) is 5.75 Å². The lowest BCUT2D eigenvalue weighted by Crippen LogP contribution is -2.32. The molecule has 1 atom stereocenters. The molecule has 0 aliphatic rings. The molecule has 5 nitrogen and oxygen atoms in total. The van der Waals surface area contributed by atoms with Gasteiger partial charge in [-0.1, -0.05) is 0 Å². The van der Waals surface area contributed by atoms with Crippen molar-refractivity contribution in [3.05, 3.63) is 24.0 Å². The topological polar surface area (TPSA) is 74.4 Å². The minimum atomic E-state index is -0.681. The van der Waals surface area contributed by atoms with Crippen molar-refractivity contribution in [1.82, 2.24) is 4.98 Å². The molecule has 0 bridgehead atoms. The maximum atomic E-state index is 11.5. The Hall–Kier alpha value is -1.62. The molecule has 1 aromatic heterocycles. The van der Waals surface area contributed by atoms with Crippen LogP contribution < -0.4 is 10.5 Å². The molecule has 0 fully saturated rings. The van der Waals surface area contributed by atoms with Crippen LogP contribution in [0.1, 0.15) is 26.5 Å². The standard InChI is InChI=1S/C14H22N2O3/c1-10(15)7-11-5-6-12(8-16-11)19-9-14(2,3)13(17)18-4/h5-6,8,10H,7,9,15H2,1-4H3. The van der Waals surface area contributed by atoms with Crippen molar-refractivity contribution in [3.8, 4) is 5.75 Å². The molecule has 5 heteroatoms. The Labute approximate surface area is 114 Å². The van der Waals surface area contributed by atoms with E-state index in [9.17, 15) is 4.79 Å². The Balaban J connectivity index is 2.57. The first kappa shape index (κ1) is 15.4. The van der Waals surface area contributed by atoms with Crippen LogP contribution in [0.4, 0.5) is 0 Å². The molecule has 1 heterocycles. The summed E-state index contributed by atoms with van der Waals surface area (Å²) in [6.45, 7) is 5.73. The smallest absolute Gasteiger partial charge is 0.314 e. The Morgan fingerprint density at radius 1 is 1.47 bits per heavy atom. The monoisotopic (exact) mass is 266 g/mol. The van der Waals surface area contributed by atoms with Crippen molar-refractivity contribution in [2.75, 3.05) is 13.7 Å². The van der Waals surface area contributed by atoms with E-state index in [4.69, 9.17) is 15.2 Å². The van der Waals surface area contributed by atoms with Crippen molar-refractivity contribution in [1.29, 1.82) is 0 Å². The van der Waals surface area contributed by atoms with E-state index in [1.807, 2.05) is 19.1 Å². The molecule has 0 amide bonds. The van der Waals surface area contributed by atoms with Crippen molar-refractivity contribution in [3.63, 3.8) is 0 Å². The number of carbonyl (C=O) groups excluding carboxylic acids is 1. The molecule has 19 heavy (non-hydrogen) atoms. The van der Waals surface area contributed by atoms with Crippen LogP contribution in [-0.2, 0) is 16.0 Å². The molecular formula is C14H22N2O3. The van der Waals surface area contributed by atoms with Gasteiger partial charge in [0.25, 0.3) is 0 Å². The average Bonchev–Trinajstić information content (AvgIpc) is 2.36. The fourth-order valence-electron chi connectivity index (χ4n) is 1.55. The van der Waals surface area contributed by atoms with E-state index in [0.717, 1.165) is 12.1 Å². The molecule has 0 saturated heterocycles. The lowest BCUT2D eigenvalue weighted by molar-refractivity contribution is -0.152. The van der Waals surface area contributed by atoms with Crippen LogP contribution in [0.15, 0.2) is 18.3 Å². The highest BCUT2D eigenvalue weighted by Crippen LogP contribution is 2.20. The van der Waals surface area contributed by atoms with Gasteiger partial charge in [0.2, 0.25) is 0 Å². The van der Waals surface area contributed by atoms with Crippen LogP contribution in [0.2, 0.25) is 0 Å². The van der Waals surface area contributed by atoms with Crippen LogP contribution in [0.5, 0.6) is 5.75 Å². The lowest BCUT2D eigenvalue weighted by Gasteiger charge is -2.21. The zero-order valence-electron chi connectivity index (χ0n) is 12.0. The van der Waals surface area contributed by atoms with E-state index >= 15 is 0 Å². The number of aromatic nitrogens is 1. The Bertz CT molecular complexity index is 413. The molecular weight excluding hydrogens is 244 g/mol. The van der Waals surface area contributed by atoms with Crippen LogP contribution in [0, 0.1) is 5.41 Å². The highest BCUT2D eigenvalue weighted by Gasteiger charge is 2.29. The lowest BCUT2D eigenvalue weighted by atomic mass is 9.95. The van der Waals surface area contributed by atoms with Gasteiger partial charge in [0, 0.05) is 18.2 Å². The number of rotatable bonds is 6. The third-order valence-electron chi connectivity index (χ3n) is 2.67. The van der Waals surface area contributed by atoms with E-state index in [-0.39, 0.29) is 18.6 Å². The van der Waals surface area contributed by atoms with Crippen molar-refractivity contribution in [2.45, 2.75) is 33.2 Å². The van der Waals surface area contributed by atoms with Gasteiger partial charge in [-0.3, -0.25) is 9.78 Å². The molecule has 0 spiro atoms. The number of hydrogen-bond acceptors (Lipinski definition) is 5. The summed E-state index contributed by atoms with van der Waals surface area (Å²) in [4.78, 5) is 15.8. The molecule has 0 aromatic carbocycles. The van der Waals surface area contributed by atoms with Crippen LogP contribution in [0.25, 0.3) is 0 Å². The molecule has 0 aliphatic carbocycles. The summed E-state index contributed by atoms with van der Waals surface area (Å²) in [6.07, 6.45) is 2.37. The SMILES string of the molecule is COC(=O)C(C)(C)COc1ccc(CC(C)N)nc1. The number of hydrogen-bond donors (Lipinski definition) is 1. The molecule has 1 aromatic rings. The Kier molecular flexibility index (Phi) is 5.30. The minimum absolute atomic E-state index is 0.0810. The van der Waals surface area contributed by atoms with Crippen molar-refractivity contribution < 1.29 is 14.3 Å². The van der Waals surface area contributed by atoms with Crippen molar-refractivity contribution in [2.24, 2.45) is 11.1 Å². The second kappa shape index (κ2) is 6.52. The zero-order chi connectivity index (χ0) is 14.5. The summed E-state index contributed by atoms with van der Waals surface area (Å²) < 4.78 is 10.3. The van der Waals surface area contributed by atoms with E-state index in [1.54, 1.807) is 20.0 Å². The largest absolute Gasteiger partial charge is 0.491 e. The fraction of sp³-hybridized carbons (Fsp3) is 0.571. The molecule has 2 N–H and O–H groups in total. The fourth-order valence-corrected chi connectivity index (χ4v) is 1.55. The molecule has 1 rings (SSSR count). The summed E-state index contributed by atoms with van der Waals surface area (Å²) in [6, 6.07) is 3.79. The first-order chi connectivity index (χ1) is 8.85. The average molecular weight is 266 g/mol. The third-order valence-corrected chi connectivity index (χ3v) is 2.67. The summed E-state index contributed by atoms with van der Waals surface area (Å²) in [5, 5.41) is 0. The van der Waals surface area contributed by atoms with Crippen LogP contribution >= 0.6 is 0 Å². The van der Waals surface area contributed by atoms with E-state index in [1.165, 1.54) is 7.11 Å². The predicted octanol–water partition coefficient (Wildman–Crippen LogP) is 1.55. The molecule has 1 unspecified atom stereocenters. The first-order valence-corrected chi connectivity index (χ1v) is 6.27.